The van der Waals surface area contributed by atoms with Crippen molar-refractivity contribution >= 4 is 23.5 Å². The van der Waals surface area contributed by atoms with Crippen LogP contribution in [0.15, 0.2) is 18.2 Å². The molecule has 0 aliphatic heterocycles. The van der Waals surface area contributed by atoms with Crippen molar-refractivity contribution in [1.82, 2.24) is 5.32 Å². The number of ether oxygens (including phenoxy) is 1. The molecular formula is C18H25FN2O4. The Hall–Kier alpha value is -2.44. The molecule has 6 nitrogen and oxygen atoms in total. The van der Waals surface area contributed by atoms with Gasteiger partial charge >= 0.3 is 5.97 Å². The van der Waals surface area contributed by atoms with Crippen LogP contribution in [0.4, 0.5) is 10.1 Å². The molecule has 1 aromatic carbocycles. The van der Waals surface area contributed by atoms with Gasteiger partial charge in [0.05, 0.1) is 0 Å². The van der Waals surface area contributed by atoms with E-state index in [1.807, 2.05) is 0 Å². The van der Waals surface area contributed by atoms with Gasteiger partial charge in [-0.15, -0.1) is 0 Å². The molecule has 0 bridgehead atoms. The number of carbonyl (C=O) groups is 3. The highest BCUT2D eigenvalue weighted by atomic mass is 19.1. The number of aryl methyl sites for hydroxylation is 1. The van der Waals surface area contributed by atoms with Gasteiger partial charge in [-0.2, -0.15) is 0 Å². The molecular weight excluding hydrogens is 327 g/mol. The number of esters is 1. The lowest BCUT2D eigenvalue weighted by Crippen LogP contribution is -2.46. The predicted molar refractivity (Wildman–Crippen MR) is 92.4 cm³/mol. The van der Waals surface area contributed by atoms with E-state index < -0.39 is 35.3 Å². The number of amides is 2. The molecule has 0 fully saturated rings. The summed E-state index contributed by atoms with van der Waals surface area (Å²) in [6.45, 7) is 9.64. The first kappa shape index (κ1) is 20.6. The minimum atomic E-state index is -1.09. The first-order valence-corrected chi connectivity index (χ1v) is 8.00. The molecule has 0 aromatic heterocycles. The van der Waals surface area contributed by atoms with E-state index in [0.717, 1.165) is 0 Å². The van der Waals surface area contributed by atoms with Crippen LogP contribution in [-0.4, -0.2) is 29.9 Å². The Bertz CT molecular complexity index is 668. The zero-order valence-corrected chi connectivity index (χ0v) is 15.4. The largest absolute Gasteiger partial charge is 0.451 e. The fraction of sp³-hybridized carbons (Fsp3) is 0.500. The zero-order valence-electron chi connectivity index (χ0n) is 15.4. The fourth-order valence-corrected chi connectivity index (χ4v) is 1.72. The third-order valence-electron chi connectivity index (χ3n) is 3.48. The number of carbonyl (C=O) groups excluding carboxylic acids is 3. The molecule has 25 heavy (non-hydrogen) atoms. The van der Waals surface area contributed by atoms with E-state index in [9.17, 15) is 18.8 Å². The molecule has 2 N–H and O–H groups in total. The smallest absolute Gasteiger partial charge is 0.329 e. The maximum atomic E-state index is 13.5. The van der Waals surface area contributed by atoms with Crippen molar-refractivity contribution in [3.63, 3.8) is 0 Å². The average molecular weight is 352 g/mol. The van der Waals surface area contributed by atoms with E-state index in [4.69, 9.17) is 4.74 Å². The molecule has 0 saturated heterocycles. The lowest BCUT2D eigenvalue weighted by atomic mass is 9.95. The van der Waals surface area contributed by atoms with Gasteiger partial charge in [-0.25, -0.2) is 9.18 Å². The van der Waals surface area contributed by atoms with Crippen LogP contribution in [0.3, 0.4) is 0 Å². The Morgan fingerprint density at radius 2 is 1.76 bits per heavy atom. The Labute approximate surface area is 147 Å². The minimum absolute atomic E-state index is 0.269. The molecule has 1 rings (SSSR count). The first-order valence-electron chi connectivity index (χ1n) is 8.00. The van der Waals surface area contributed by atoms with Crippen LogP contribution >= 0.6 is 0 Å². The van der Waals surface area contributed by atoms with E-state index in [-0.39, 0.29) is 11.6 Å². The van der Waals surface area contributed by atoms with Crippen LogP contribution in [0.2, 0.25) is 0 Å². The number of halogens is 1. The van der Waals surface area contributed by atoms with Gasteiger partial charge in [0, 0.05) is 11.1 Å². The van der Waals surface area contributed by atoms with Crippen LogP contribution < -0.4 is 10.6 Å². The molecule has 1 aromatic rings. The van der Waals surface area contributed by atoms with E-state index in [1.54, 1.807) is 33.8 Å². The van der Waals surface area contributed by atoms with Gasteiger partial charge in [-0.1, -0.05) is 26.8 Å². The van der Waals surface area contributed by atoms with E-state index in [0.29, 0.717) is 5.56 Å². The van der Waals surface area contributed by atoms with Crippen molar-refractivity contribution in [2.45, 2.75) is 53.7 Å². The minimum Gasteiger partial charge on any atom is -0.451 e. The summed E-state index contributed by atoms with van der Waals surface area (Å²) in [6.07, 6.45) is -1.09. The van der Waals surface area contributed by atoms with Crippen molar-refractivity contribution in [2.75, 3.05) is 5.32 Å². The molecule has 0 aliphatic rings. The van der Waals surface area contributed by atoms with Crippen molar-refractivity contribution < 1.29 is 23.5 Å². The standard InChI is InChI=1S/C18H25FN2O4/c1-10-7-8-13(9-14(10)19)21-15(22)12(3)25-16(23)11(2)20-17(24)18(4,5)6/h7-9,11-12H,1-6H3,(H,20,24)(H,21,22). The maximum Gasteiger partial charge on any atom is 0.329 e. The molecule has 0 radical (unpaired) electrons. The van der Waals surface area contributed by atoms with Crippen LogP contribution in [0, 0.1) is 18.2 Å². The normalized spacial score (nSPS) is 13.6. The van der Waals surface area contributed by atoms with Gasteiger partial charge < -0.3 is 15.4 Å². The Morgan fingerprint density at radius 3 is 2.28 bits per heavy atom. The van der Waals surface area contributed by atoms with E-state index >= 15 is 0 Å². The second-order valence-corrected chi connectivity index (χ2v) is 6.98. The van der Waals surface area contributed by atoms with Crippen LogP contribution in [0.25, 0.3) is 0 Å². The summed E-state index contributed by atoms with van der Waals surface area (Å²) in [5.74, 6) is -2.06. The Balaban J connectivity index is 2.60. The highest BCUT2D eigenvalue weighted by molar-refractivity contribution is 5.95. The summed E-state index contributed by atoms with van der Waals surface area (Å²) in [4.78, 5) is 35.9. The second kappa shape index (κ2) is 8.09. The van der Waals surface area contributed by atoms with Crippen LogP contribution in [-0.2, 0) is 19.1 Å². The van der Waals surface area contributed by atoms with Crippen LogP contribution in [0.5, 0.6) is 0 Å². The lowest BCUT2D eigenvalue weighted by Gasteiger charge is -2.22. The summed E-state index contributed by atoms with van der Waals surface area (Å²) < 4.78 is 18.5. The Morgan fingerprint density at radius 1 is 1.16 bits per heavy atom. The Kier molecular flexibility index (Phi) is 6.67. The van der Waals surface area contributed by atoms with Gasteiger partial charge in [0.25, 0.3) is 5.91 Å². The van der Waals surface area contributed by atoms with E-state index in [1.165, 1.54) is 26.0 Å². The first-order chi connectivity index (χ1) is 11.4. The van der Waals surface area contributed by atoms with Crippen molar-refractivity contribution in [3.8, 4) is 0 Å². The van der Waals surface area contributed by atoms with Gasteiger partial charge in [0.2, 0.25) is 5.91 Å². The summed E-state index contributed by atoms with van der Waals surface area (Å²) in [6, 6.07) is 3.38. The highest BCUT2D eigenvalue weighted by Crippen LogP contribution is 2.15. The van der Waals surface area contributed by atoms with Gasteiger partial charge in [-0.3, -0.25) is 9.59 Å². The highest BCUT2D eigenvalue weighted by Gasteiger charge is 2.27. The van der Waals surface area contributed by atoms with Crippen LogP contribution in [0.1, 0.15) is 40.2 Å². The number of benzene rings is 1. The lowest BCUT2D eigenvalue weighted by molar-refractivity contribution is -0.156. The number of nitrogens with one attached hydrogen (secondary N) is 2. The second-order valence-electron chi connectivity index (χ2n) is 6.98. The molecule has 7 heteroatoms. The number of hydrogen-bond donors (Lipinski definition) is 2. The van der Waals surface area contributed by atoms with Crippen molar-refractivity contribution in [3.05, 3.63) is 29.6 Å². The molecule has 2 unspecified atom stereocenters. The van der Waals surface area contributed by atoms with Crippen molar-refractivity contribution in [2.24, 2.45) is 5.41 Å². The van der Waals surface area contributed by atoms with Gasteiger partial charge in [0.1, 0.15) is 11.9 Å². The fourth-order valence-electron chi connectivity index (χ4n) is 1.72. The SMILES string of the molecule is Cc1ccc(NC(=O)C(C)OC(=O)C(C)NC(=O)C(C)(C)C)cc1F. The number of anilines is 1. The molecule has 0 saturated carbocycles. The molecule has 2 atom stereocenters. The van der Waals surface area contributed by atoms with Gasteiger partial charge in [0.15, 0.2) is 6.10 Å². The predicted octanol–water partition coefficient (Wildman–Crippen LogP) is 2.56. The average Bonchev–Trinajstić information content (AvgIpc) is 2.49. The summed E-state index contributed by atoms with van der Waals surface area (Å²) in [5.41, 5.74) is 0.0820. The molecule has 138 valence electrons. The number of hydrogen-bond acceptors (Lipinski definition) is 4. The van der Waals surface area contributed by atoms with Gasteiger partial charge in [-0.05, 0) is 38.5 Å². The van der Waals surface area contributed by atoms with Crippen molar-refractivity contribution in [1.29, 1.82) is 0 Å². The molecule has 0 spiro atoms. The number of rotatable bonds is 5. The third kappa shape index (κ3) is 6.17. The quantitative estimate of drug-likeness (QED) is 0.798. The topological polar surface area (TPSA) is 84.5 Å². The van der Waals surface area contributed by atoms with E-state index in [2.05, 4.69) is 10.6 Å². The maximum absolute atomic E-state index is 13.5. The molecule has 0 heterocycles. The monoisotopic (exact) mass is 352 g/mol. The summed E-state index contributed by atoms with van der Waals surface area (Å²) >= 11 is 0. The summed E-state index contributed by atoms with van der Waals surface area (Å²) in [7, 11) is 0. The summed E-state index contributed by atoms with van der Waals surface area (Å²) in [5, 5.41) is 5.01. The third-order valence-corrected chi connectivity index (χ3v) is 3.48. The zero-order chi connectivity index (χ0) is 19.4. The molecule has 0 aliphatic carbocycles. The molecule has 2 amide bonds.